The fourth-order valence-electron chi connectivity index (χ4n) is 3.30. The monoisotopic (exact) mass is 431 g/mol. The fourth-order valence-corrected chi connectivity index (χ4v) is 4.60. The smallest absolute Gasteiger partial charge is 0.341 e. The molecular weight excluding hydrogens is 406 g/mol. The van der Waals surface area contributed by atoms with Crippen LogP contribution in [0.1, 0.15) is 57.8 Å². The van der Waals surface area contributed by atoms with E-state index in [4.69, 9.17) is 14.2 Å². The number of benzene rings is 1. The van der Waals surface area contributed by atoms with Gasteiger partial charge < -0.3 is 19.5 Å². The molecular formula is C22H25NO6S. The standard InChI is InChI=1S/C22H25NO6S/c1-3-27-15-11-9-14(10-12-15)21(25)29-13-18(24)23-20-19(22(26)28-4-2)16-7-5-6-8-17(16)30-20/h9-12H,3-8,13H2,1-2H3,(H,23,24). The van der Waals surface area contributed by atoms with Gasteiger partial charge in [0.1, 0.15) is 10.8 Å². The summed E-state index contributed by atoms with van der Waals surface area (Å²) in [5.41, 5.74) is 1.72. The lowest BCUT2D eigenvalue weighted by atomic mass is 9.95. The Bertz CT molecular complexity index is 918. The minimum atomic E-state index is -0.607. The molecule has 1 heterocycles. The second-order valence-corrected chi connectivity index (χ2v) is 7.82. The largest absolute Gasteiger partial charge is 0.494 e. The number of hydrogen-bond donors (Lipinski definition) is 1. The second kappa shape index (κ2) is 10.2. The summed E-state index contributed by atoms with van der Waals surface area (Å²) in [6.07, 6.45) is 3.74. The van der Waals surface area contributed by atoms with Crippen LogP contribution in [0.3, 0.4) is 0 Å². The molecule has 0 aliphatic heterocycles. The van der Waals surface area contributed by atoms with Crippen LogP contribution in [0, 0.1) is 0 Å². The number of esters is 2. The molecule has 30 heavy (non-hydrogen) atoms. The highest BCUT2D eigenvalue weighted by atomic mass is 32.1. The number of carbonyl (C=O) groups excluding carboxylic acids is 3. The van der Waals surface area contributed by atoms with Gasteiger partial charge in [0.05, 0.1) is 24.3 Å². The Morgan fingerprint density at radius 3 is 2.40 bits per heavy atom. The van der Waals surface area contributed by atoms with Crippen LogP contribution in [0.5, 0.6) is 5.75 Å². The van der Waals surface area contributed by atoms with E-state index >= 15 is 0 Å². The number of anilines is 1. The highest BCUT2D eigenvalue weighted by molar-refractivity contribution is 7.17. The molecule has 0 bridgehead atoms. The predicted octanol–water partition coefficient (Wildman–Crippen LogP) is 4.00. The zero-order chi connectivity index (χ0) is 21.5. The third kappa shape index (κ3) is 5.18. The van der Waals surface area contributed by atoms with Gasteiger partial charge in [0.2, 0.25) is 0 Å². The Balaban J connectivity index is 1.63. The summed E-state index contributed by atoms with van der Waals surface area (Å²) < 4.78 is 15.6. The number of carbonyl (C=O) groups is 3. The van der Waals surface area contributed by atoms with Gasteiger partial charge in [-0.05, 0) is 69.4 Å². The van der Waals surface area contributed by atoms with Crippen LogP contribution in [-0.4, -0.2) is 37.7 Å². The quantitative estimate of drug-likeness (QED) is 0.636. The van der Waals surface area contributed by atoms with Crippen molar-refractivity contribution in [2.45, 2.75) is 39.5 Å². The summed E-state index contributed by atoms with van der Waals surface area (Å²) in [5, 5.41) is 3.18. The first-order valence-corrected chi connectivity index (χ1v) is 10.9. The van der Waals surface area contributed by atoms with Crippen LogP contribution >= 0.6 is 11.3 Å². The second-order valence-electron chi connectivity index (χ2n) is 6.72. The highest BCUT2D eigenvalue weighted by Crippen LogP contribution is 2.38. The molecule has 0 radical (unpaired) electrons. The Hall–Kier alpha value is -2.87. The molecule has 2 aromatic rings. The molecule has 1 aliphatic carbocycles. The molecule has 0 atom stereocenters. The van der Waals surface area contributed by atoms with Crippen molar-refractivity contribution in [3.63, 3.8) is 0 Å². The summed E-state index contributed by atoms with van der Waals surface area (Å²) in [5.74, 6) is -0.888. The third-order valence-corrected chi connectivity index (χ3v) is 5.85. The molecule has 3 rings (SSSR count). The van der Waals surface area contributed by atoms with Crippen LogP contribution in [0.25, 0.3) is 0 Å². The number of hydrogen-bond acceptors (Lipinski definition) is 7. The lowest BCUT2D eigenvalue weighted by molar-refractivity contribution is -0.119. The first kappa shape index (κ1) is 21.8. The van der Waals surface area contributed by atoms with E-state index in [1.807, 2.05) is 6.92 Å². The molecule has 8 heteroatoms. The Labute approximate surface area is 179 Å². The number of fused-ring (bicyclic) bond motifs is 1. The van der Waals surface area contributed by atoms with E-state index in [1.165, 1.54) is 11.3 Å². The van der Waals surface area contributed by atoms with Crippen LogP contribution in [0.15, 0.2) is 24.3 Å². The molecule has 0 saturated carbocycles. The average molecular weight is 432 g/mol. The molecule has 1 aromatic heterocycles. The molecule has 0 saturated heterocycles. The van der Waals surface area contributed by atoms with Crippen molar-refractivity contribution in [2.24, 2.45) is 0 Å². The minimum absolute atomic E-state index is 0.260. The van der Waals surface area contributed by atoms with E-state index in [9.17, 15) is 14.4 Å². The number of nitrogens with one attached hydrogen (secondary N) is 1. The summed E-state index contributed by atoms with van der Waals surface area (Å²) in [4.78, 5) is 38.1. The molecule has 7 nitrogen and oxygen atoms in total. The number of amides is 1. The zero-order valence-corrected chi connectivity index (χ0v) is 17.9. The molecule has 1 N–H and O–H groups in total. The maximum atomic E-state index is 12.4. The average Bonchev–Trinajstić information content (AvgIpc) is 3.10. The third-order valence-electron chi connectivity index (χ3n) is 4.64. The van der Waals surface area contributed by atoms with Crippen LogP contribution < -0.4 is 10.1 Å². The van der Waals surface area contributed by atoms with Crippen molar-refractivity contribution in [1.29, 1.82) is 0 Å². The van der Waals surface area contributed by atoms with E-state index in [0.29, 0.717) is 28.5 Å². The van der Waals surface area contributed by atoms with Crippen molar-refractivity contribution in [3.8, 4) is 5.75 Å². The van der Waals surface area contributed by atoms with Crippen LogP contribution in [-0.2, 0) is 27.1 Å². The van der Waals surface area contributed by atoms with Crippen LogP contribution in [0.2, 0.25) is 0 Å². The molecule has 160 valence electrons. The van der Waals surface area contributed by atoms with Gasteiger partial charge in [0.25, 0.3) is 5.91 Å². The van der Waals surface area contributed by atoms with Gasteiger partial charge in [-0.2, -0.15) is 0 Å². The first-order chi connectivity index (χ1) is 14.5. The van der Waals surface area contributed by atoms with Crippen molar-refractivity contribution in [3.05, 3.63) is 45.8 Å². The number of rotatable bonds is 8. The van der Waals surface area contributed by atoms with E-state index < -0.39 is 24.5 Å². The Morgan fingerprint density at radius 1 is 0.967 bits per heavy atom. The lowest BCUT2D eigenvalue weighted by Gasteiger charge is -2.12. The van der Waals surface area contributed by atoms with Crippen molar-refractivity contribution < 1.29 is 28.6 Å². The maximum Gasteiger partial charge on any atom is 0.341 e. The highest BCUT2D eigenvalue weighted by Gasteiger charge is 2.27. The van der Waals surface area contributed by atoms with E-state index in [0.717, 1.165) is 36.1 Å². The van der Waals surface area contributed by atoms with Gasteiger partial charge >= 0.3 is 11.9 Å². The number of thiophene rings is 1. The first-order valence-electron chi connectivity index (χ1n) is 10.0. The molecule has 1 aromatic carbocycles. The summed E-state index contributed by atoms with van der Waals surface area (Å²) >= 11 is 1.39. The summed E-state index contributed by atoms with van der Waals surface area (Å²) in [7, 11) is 0. The number of ether oxygens (including phenoxy) is 3. The maximum absolute atomic E-state index is 12.4. The van der Waals surface area contributed by atoms with Crippen molar-refractivity contribution in [1.82, 2.24) is 0 Å². The van der Waals surface area contributed by atoms with Gasteiger partial charge in [0.15, 0.2) is 6.61 Å². The van der Waals surface area contributed by atoms with Gasteiger partial charge in [0, 0.05) is 4.88 Å². The van der Waals surface area contributed by atoms with Gasteiger partial charge in [-0.1, -0.05) is 0 Å². The van der Waals surface area contributed by atoms with Gasteiger partial charge in [-0.25, -0.2) is 9.59 Å². The Kier molecular flexibility index (Phi) is 7.46. The topological polar surface area (TPSA) is 90.9 Å². The minimum Gasteiger partial charge on any atom is -0.494 e. The van der Waals surface area contributed by atoms with Crippen molar-refractivity contribution >= 4 is 34.2 Å². The van der Waals surface area contributed by atoms with E-state index in [2.05, 4.69) is 5.32 Å². The van der Waals surface area contributed by atoms with E-state index in [-0.39, 0.29) is 6.61 Å². The van der Waals surface area contributed by atoms with E-state index in [1.54, 1.807) is 31.2 Å². The SMILES string of the molecule is CCOC(=O)c1c(NC(=O)COC(=O)c2ccc(OCC)cc2)sc2c1CCCC2. The molecule has 0 spiro atoms. The van der Waals surface area contributed by atoms with Crippen LogP contribution in [0.4, 0.5) is 5.00 Å². The lowest BCUT2D eigenvalue weighted by Crippen LogP contribution is -2.22. The molecule has 1 amide bonds. The molecule has 0 fully saturated rings. The van der Waals surface area contributed by atoms with Gasteiger partial charge in [-0.3, -0.25) is 4.79 Å². The molecule has 1 aliphatic rings. The number of aryl methyl sites for hydroxylation is 1. The Morgan fingerprint density at radius 2 is 1.70 bits per heavy atom. The predicted molar refractivity (Wildman–Crippen MR) is 113 cm³/mol. The normalized spacial score (nSPS) is 12.6. The zero-order valence-electron chi connectivity index (χ0n) is 17.1. The molecule has 0 unspecified atom stereocenters. The summed E-state index contributed by atoms with van der Waals surface area (Å²) in [6.45, 7) is 3.96. The van der Waals surface area contributed by atoms with Crippen molar-refractivity contribution in [2.75, 3.05) is 25.1 Å². The summed E-state index contributed by atoms with van der Waals surface area (Å²) in [6, 6.07) is 6.50. The fraction of sp³-hybridized carbons (Fsp3) is 0.409. The van der Waals surface area contributed by atoms with Gasteiger partial charge in [-0.15, -0.1) is 11.3 Å².